The second-order valence-electron chi connectivity index (χ2n) is 5.37. The van der Waals surface area contributed by atoms with Crippen molar-refractivity contribution < 1.29 is 9.78 Å². The molecule has 2 aromatic carbocycles. The van der Waals surface area contributed by atoms with E-state index in [1.54, 1.807) is 0 Å². The summed E-state index contributed by atoms with van der Waals surface area (Å²) in [5, 5.41) is 4.65. The zero-order valence-electron chi connectivity index (χ0n) is 12.2. The second kappa shape index (κ2) is 5.40. The number of rotatable bonds is 3. The standard InChI is InChI=1S/C17H14N4OS/c18-17-21-13-6-5-10(7-15(13)23-17)9-19-16(22)14-8-11-3-1-2-4-12(11)20-14/h1-8,20H,9H2,(H2,18,21)(H,19,22)/p+1. The lowest BCUT2D eigenvalue weighted by atomic mass is 10.2. The highest BCUT2D eigenvalue weighted by molar-refractivity contribution is 7.21. The summed E-state index contributed by atoms with van der Waals surface area (Å²) in [6, 6.07) is 15.7. The number of fused-ring (bicyclic) bond motifs is 2. The summed E-state index contributed by atoms with van der Waals surface area (Å²) in [6.07, 6.45) is 0. The van der Waals surface area contributed by atoms with Crippen molar-refractivity contribution in [2.75, 3.05) is 5.73 Å². The molecule has 0 saturated carbocycles. The minimum atomic E-state index is -0.112. The molecule has 6 heteroatoms. The summed E-state index contributed by atoms with van der Waals surface area (Å²) in [7, 11) is 0. The first-order chi connectivity index (χ1) is 11.2. The molecule has 2 aromatic heterocycles. The maximum atomic E-state index is 12.3. The number of hydrogen-bond donors (Lipinski definition) is 3. The minimum Gasteiger partial charge on any atom is -0.351 e. The van der Waals surface area contributed by atoms with E-state index in [0.29, 0.717) is 17.4 Å². The van der Waals surface area contributed by atoms with E-state index in [9.17, 15) is 4.79 Å². The molecule has 114 valence electrons. The van der Waals surface area contributed by atoms with Gasteiger partial charge in [-0.15, -0.1) is 0 Å². The topological polar surface area (TPSA) is 85.0 Å². The number of nitrogens with two attached hydrogens (primary N) is 1. The van der Waals surface area contributed by atoms with Crippen LogP contribution in [0.1, 0.15) is 16.1 Å². The number of amides is 1. The molecule has 0 saturated heterocycles. The molecule has 0 bridgehead atoms. The summed E-state index contributed by atoms with van der Waals surface area (Å²) in [4.78, 5) is 18.5. The Labute approximate surface area is 136 Å². The first-order valence-corrected chi connectivity index (χ1v) is 8.07. The number of benzene rings is 2. The molecule has 0 radical (unpaired) electrons. The van der Waals surface area contributed by atoms with Gasteiger partial charge < -0.3 is 10.3 Å². The number of nitrogens with one attached hydrogen (secondary N) is 3. The Hall–Kier alpha value is -2.86. The normalized spacial score (nSPS) is 11.1. The van der Waals surface area contributed by atoms with E-state index in [2.05, 4.69) is 15.3 Å². The van der Waals surface area contributed by atoms with Crippen molar-refractivity contribution in [2.24, 2.45) is 0 Å². The van der Waals surface area contributed by atoms with E-state index >= 15 is 0 Å². The number of H-pyrrole nitrogens is 2. The lowest BCUT2D eigenvalue weighted by Crippen LogP contribution is -2.23. The molecule has 2 heterocycles. The maximum Gasteiger partial charge on any atom is 0.330 e. The van der Waals surface area contributed by atoms with Crippen molar-refractivity contribution in [1.29, 1.82) is 0 Å². The van der Waals surface area contributed by atoms with Crippen LogP contribution < -0.4 is 16.0 Å². The summed E-state index contributed by atoms with van der Waals surface area (Å²) < 4.78 is 1.08. The third-order valence-electron chi connectivity index (χ3n) is 3.75. The molecule has 5 N–H and O–H groups in total. The van der Waals surface area contributed by atoms with Gasteiger partial charge in [0.15, 0.2) is 0 Å². The van der Waals surface area contributed by atoms with Crippen molar-refractivity contribution in [3.8, 4) is 0 Å². The smallest absolute Gasteiger partial charge is 0.330 e. The van der Waals surface area contributed by atoms with Gasteiger partial charge in [-0.05, 0) is 41.2 Å². The van der Waals surface area contributed by atoms with E-state index in [1.165, 1.54) is 11.3 Å². The van der Waals surface area contributed by atoms with Crippen LogP contribution in [0.3, 0.4) is 0 Å². The van der Waals surface area contributed by atoms with Crippen molar-refractivity contribution >= 4 is 43.5 Å². The number of hydrogen-bond acceptors (Lipinski definition) is 3. The van der Waals surface area contributed by atoms with Gasteiger partial charge in [0, 0.05) is 17.4 Å². The third kappa shape index (κ3) is 2.64. The average Bonchev–Trinajstić information content (AvgIpc) is 3.14. The van der Waals surface area contributed by atoms with Gasteiger partial charge in [0.05, 0.1) is 4.70 Å². The molecular weight excluding hydrogens is 308 g/mol. The molecule has 5 nitrogen and oxygen atoms in total. The molecule has 0 unspecified atom stereocenters. The second-order valence-corrected chi connectivity index (χ2v) is 6.46. The molecule has 0 aliphatic carbocycles. The Bertz CT molecular complexity index is 985. The summed E-state index contributed by atoms with van der Waals surface area (Å²) >= 11 is 1.50. The first kappa shape index (κ1) is 13.8. The molecule has 0 spiro atoms. The molecular formula is C17H15N4OS+. The number of carbonyl (C=O) groups is 1. The number of thiazole rings is 1. The number of anilines is 1. The van der Waals surface area contributed by atoms with Crippen LogP contribution in [0.15, 0.2) is 48.5 Å². The molecule has 4 aromatic rings. The largest absolute Gasteiger partial charge is 0.351 e. The number of nitrogen functional groups attached to an aromatic ring is 1. The van der Waals surface area contributed by atoms with Crippen molar-refractivity contribution in [3.63, 3.8) is 0 Å². The molecule has 0 fully saturated rings. The molecule has 0 aliphatic rings. The number of carbonyl (C=O) groups excluding carboxylic acids is 1. The van der Waals surface area contributed by atoms with Crippen molar-refractivity contribution in [1.82, 2.24) is 10.3 Å². The fourth-order valence-corrected chi connectivity index (χ4v) is 3.45. The lowest BCUT2D eigenvalue weighted by Gasteiger charge is -2.03. The Morgan fingerprint density at radius 1 is 1.22 bits per heavy atom. The molecule has 4 rings (SSSR count). The van der Waals surface area contributed by atoms with Gasteiger partial charge in [0.1, 0.15) is 11.2 Å². The van der Waals surface area contributed by atoms with Crippen LogP contribution in [0.25, 0.3) is 21.1 Å². The summed E-state index contributed by atoms with van der Waals surface area (Å²) in [5.74, 6) is -0.112. The van der Waals surface area contributed by atoms with Crippen LogP contribution in [0.5, 0.6) is 0 Å². The van der Waals surface area contributed by atoms with Crippen LogP contribution in [0.4, 0.5) is 5.13 Å². The van der Waals surface area contributed by atoms with Gasteiger partial charge in [0.2, 0.25) is 0 Å². The zero-order chi connectivity index (χ0) is 15.8. The first-order valence-electron chi connectivity index (χ1n) is 7.25. The zero-order valence-corrected chi connectivity index (χ0v) is 13.0. The monoisotopic (exact) mass is 323 g/mol. The Balaban J connectivity index is 1.51. The SMILES string of the molecule is Nc1[nH+]c2ccc(CNC(=O)c3cc4ccccc4[nH]3)cc2s1. The quantitative estimate of drug-likeness (QED) is 0.541. The van der Waals surface area contributed by atoms with Gasteiger partial charge in [0.25, 0.3) is 5.91 Å². The van der Waals surface area contributed by atoms with Crippen LogP contribution in [0.2, 0.25) is 0 Å². The van der Waals surface area contributed by atoms with Crippen LogP contribution >= 0.6 is 11.3 Å². The van der Waals surface area contributed by atoms with Crippen molar-refractivity contribution in [3.05, 3.63) is 59.8 Å². The van der Waals surface area contributed by atoms with Gasteiger partial charge >= 0.3 is 5.13 Å². The van der Waals surface area contributed by atoms with Gasteiger partial charge in [-0.25, -0.2) is 4.98 Å². The van der Waals surface area contributed by atoms with Crippen LogP contribution in [-0.2, 0) is 6.54 Å². The Morgan fingerprint density at radius 3 is 2.96 bits per heavy atom. The van der Waals surface area contributed by atoms with E-state index in [4.69, 9.17) is 5.73 Å². The predicted octanol–water partition coefficient (Wildman–Crippen LogP) is 2.71. The van der Waals surface area contributed by atoms with Crippen LogP contribution in [-0.4, -0.2) is 10.9 Å². The van der Waals surface area contributed by atoms with E-state index in [0.717, 1.165) is 26.7 Å². The van der Waals surface area contributed by atoms with Gasteiger partial charge in [-0.2, -0.15) is 0 Å². The van der Waals surface area contributed by atoms with E-state index in [-0.39, 0.29) is 5.91 Å². The number of aromatic amines is 2. The Morgan fingerprint density at radius 2 is 2.09 bits per heavy atom. The molecule has 0 aliphatic heterocycles. The van der Waals surface area contributed by atoms with Crippen LogP contribution in [0, 0.1) is 0 Å². The van der Waals surface area contributed by atoms with Crippen molar-refractivity contribution in [2.45, 2.75) is 6.54 Å². The highest BCUT2D eigenvalue weighted by atomic mass is 32.1. The summed E-state index contributed by atoms with van der Waals surface area (Å²) in [6.45, 7) is 0.474. The van der Waals surface area contributed by atoms with E-state index in [1.807, 2.05) is 48.5 Å². The Kier molecular flexibility index (Phi) is 3.24. The lowest BCUT2D eigenvalue weighted by molar-refractivity contribution is -0.320. The van der Waals surface area contributed by atoms with Gasteiger partial charge in [-0.1, -0.05) is 24.3 Å². The third-order valence-corrected chi connectivity index (χ3v) is 4.63. The fraction of sp³-hybridized carbons (Fsp3) is 0.0588. The highest BCUT2D eigenvalue weighted by Gasteiger charge is 2.10. The summed E-state index contributed by atoms with van der Waals surface area (Å²) in [5.41, 5.74) is 9.35. The van der Waals surface area contributed by atoms with E-state index < -0.39 is 0 Å². The minimum absolute atomic E-state index is 0.112. The number of para-hydroxylation sites is 1. The maximum absolute atomic E-state index is 12.3. The number of aromatic nitrogens is 2. The molecule has 0 atom stereocenters. The van der Waals surface area contributed by atoms with Gasteiger partial charge in [-0.3, -0.25) is 10.5 Å². The predicted molar refractivity (Wildman–Crippen MR) is 92.3 cm³/mol. The molecule has 1 amide bonds. The highest BCUT2D eigenvalue weighted by Crippen LogP contribution is 2.21. The average molecular weight is 323 g/mol. The fourth-order valence-electron chi connectivity index (χ4n) is 2.61. The molecule has 23 heavy (non-hydrogen) atoms.